The summed E-state index contributed by atoms with van der Waals surface area (Å²) in [5, 5.41) is 0. The van der Waals surface area contributed by atoms with Crippen LogP contribution >= 0.6 is 34.8 Å². The lowest BCUT2D eigenvalue weighted by Crippen LogP contribution is -2.37. The summed E-state index contributed by atoms with van der Waals surface area (Å²) in [6.45, 7) is 6.65. The third-order valence-corrected chi connectivity index (χ3v) is 5.15. The van der Waals surface area contributed by atoms with Gasteiger partial charge in [0.2, 0.25) is 3.79 Å². The van der Waals surface area contributed by atoms with Crippen molar-refractivity contribution in [2.24, 2.45) is 5.92 Å². The van der Waals surface area contributed by atoms with Gasteiger partial charge in [-0.25, -0.2) is 4.79 Å². The van der Waals surface area contributed by atoms with Crippen LogP contribution in [0.5, 0.6) is 0 Å². The predicted molar refractivity (Wildman–Crippen MR) is 117 cm³/mol. The SMILES string of the molecule is CCN(CC)C(=O)C1=CN(C(=O)OCC(Cl)(Cl)Cl)C=C[C@H]1[C@@H](C)c1ccccc1. The fraction of sp³-hybridized carbons (Fsp3) is 0.429. The van der Waals surface area contributed by atoms with Gasteiger partial charge in [-0.1, -0.05) is 78.1 Å². The lowest BCUT2D eigenvalue weighted by atomic mass is 9.81. The monoisotopic (exact) mass is 458 g/mol. The highest BCUT2D eigenvalue weighted by Crippen LogP contribution is 2.35. The zero-order chi connectivity index (χ0) is 21.6. The second kappa shape index (κ2) is 10.4. The normalized spacial score (nSPS) is 17.5. The molecule has 0 bridgehead atoms. The Kier molecular flexibility index (Phi) is 8.44. The van der Waals surface area contributed by atoms with Crippen LogP contribution < -0.4 is 0 Å². The lowest BCUT2D eigenvalue weighted by molar-refractivity contribution is -0.127. The van der Waals surface area contributed by atoms with Crippen LogP contribution in [0.4, 0.5) is 4.79 Å². The van der Waals surface area contributed by atoms with Crippen molar-refractivity contribution in [1.82, 2.24) is 9.80 Å². The first-order valence-corrected chi connectivity index (χ1v) is 10.6. The number of carbonyl (C=O) groups is 2. The van der Waals surface area contributed by atoms with E-state index in [1.165, 1.54) is 11.1 Å². The first kappa shape index (κ1) is 23.6. The van der Waals surface area contributed by atoms with E-state index in [0.29, 0.717) is 18.7 Å². The fourth-order valence-electron chi connectivity index (χ4n) is 3.19. The molecule has 0 saturated carbocycles. The molecule has 0 aliphatic carbocycles. The van der Waals surface area contributed by atoms with Crippen LogP contribution in [0.25, 0.3) is 0 Å². The van der Waals surface area contributed by atoms with Crippen LogP contribution in [-0.4, -0.2) is 45.3 Å². The van der Waals surface area contributed by atoms with Crippen LogP contribution in [0.2, 0.25) is 0 Å². The molecule has 2 amide bonds. The topological polar surface area (TPSA) is 49.9 Å². The fourth-order valence-corrected chi connectivity index (χ4v) is 3.35. The molecule has 1 aromatic rings. The van der Waals surface area contributed by atoms with Crippen LogP contribution in [0, 0.1) is 5.92 Å². The van der Waals surface area contributed by atoms with Crippen LogP contribution in [0.1, 0.15) is 32.3 Å². The number of amides is 2. The average molecular weight is 460 g/mol. The molecule has 0 aromatic heterocycles. The van der Waals surface area contributed by atoms with Crippen molar-refractivity contribution >= 4 is 46.8 Å². The summed E-state index contributed by atoms with van der Waals surface area (Å²) in [5.41, 5.74) is 1.62. The molecule has 1 aliphatic rings. The van der Waals surface area contributed by atoms with Gasteiger partial charge < -0.3 is 9.64 Å². The van der Waals surface area contributed by atoms with Crippen LogP contribution in [0.3, 0.4) is 0 Å². The molecule has 8 heteroatoms. The summed E-state index contributed by atoms with van der Waals surface area (Å²) in [4.78, 5) is 28.5. The molecular formula is C21H25Cl3N2O3. The molecule has 0 N–H and O–H groups in total. The third-order valence-electron chi connectivity index (χ3n) is 4.82. The summed E-state index contributed by atoms with van der Waals surface area (Å²) < 4.78 is 3.33. The van der Waals surface area contributed by atoms with Crippen LogP contribution in [-0.2, 0) is 9.53 Å². The Morgan fingerprint density at radius 2 is 1.79 bits per heavy atom. The maximum Gasteiger partial charge on any atom is 0.418 e. The van der Waals surface area contributed by atoms with Crippen molar-refractivity contribution in [2.75, 3.05) is 19.7 Å². The quantitative estimate of drug-likeness (QED) is 0.528. The van der Waals surface area contributed by atoms with Gasteiger partial charge in [-0.2, -0.15) is 0 Å². The largest absolute Gasteiger partial charge is 0.444 e. The Morgan fingerprint density at radius 1 is 1.17 bits per heavy atom. The number of likely N-dealkylation sites (N-methyl/N-ethyl adjacent to an activating group) is 1. The number of benzene rings is 1. The number of hydrogen-bond acceptors (Lipinski definition) is 3. The summed E-state index contributed by atoms with van der Waals surface area (Å²) in [5.74, 6) is -0.272. The highest BCUT2D eigenvalue weighted by molar-refractivity contribution is 6.67. The van der Waals surface area contributed by atoms with E-state index in [9.17, 15) is 9.59 Å². The van der Waals surface area contributed by atoms with E-state index in [1.807, 2.05) is 50.3 Å². The molecular weight excluding hydrogens is 435 g/mol. The van der Waals surface area contributed by atoms with Gasteiger partial charge in [-0.15, -0.1) is 0 Å². The van der Waals surface area contributed by atoms with Gasteiger partial charge in [0.05, 0.1) is 0 Å². The molecule has 158 valence electrons. The van der Waals surface area contributed by atoms with Gasteiger partial charge >= 0.3 is 6.09 Å². The molecule has 1 heterocycles. The first-order chi connectivity index (χ1) is 13.7. The second-order valence-electron chi connectivity index (χ2n) is 6.71. The van der Waals surface area contributed by atoms with Gasteiger partial charge in [-0.05, 0) is 25.3 Å². The molecule has 29 heavy (non-hydrogen) atoms. The lowest BCUT2D eigenvalue weighted by Gasteiger charge is -2.32. The van der Waals surface area contributed by atoms with Gasteiger partial charge in [0.25, 0.3) is 5.91 Å². The standard InChI is InChI=1S/C21H25Cl3N2O3/c1-4-25(5-2)19(27)18-13-26(20(28)29-14-21(22,23)24)12-11-17(18)15(3)16-9-7-6-8-10-16/h6-13,15,17H,4-5,14H2,1-3H3/t15-,17-/m0/s1. The van der Waals surface area contributed by atoms with Crippen molar-refractivity contribution < 1.29 is 14.3 Å². The Hall–Kier alpha value is -1.69. The summed E-state index contributed by atoms with van der Waals surface area (Å²) in [6, 6.07) is 9.94. The number of rotatable bonds is 6. The smallest absolute Gasteiger partial charge is 0.418 e. The Labute approximate surface area is 186 Å². The van der Waals surface area contributed by atoms with Crippen molar-refractivity contribution in [2.45, 2.75) is 30.5 Å². The molecule has 2 rings (SSSR count). The maximum absolute atomic E-state index is 13.2. The van der Waals surface area contributed by atoms with E-state index in [-0.39, 0.29) is 17.7 Å². The number of nitrogens with zero attached hydrogens (tertiary/aromatic N) is 2. The van der Waals surface area contributed by atoms with Gasteiger partial charge in [-0.3, -0.25) is 9.69 Å². The number of carbonyl (C=O) groups excluding carboxylic acids is 2. The Balaban J connectivity index is 2.32. The molecule has 0 saturated heterocycles. The molecule has 5 nitrogen and oxygen atoms in total. The molecule has 1 aromatic carbocycles. The van der Waals surface area contributed by atoms with Gasteiger partial charge in [0.15, 0.2) is 0 Å². The number of hydrogen-bond donors (Lipinski definition) is 0. The minimum atomic E-state index is -1.71. The van der Waals surface area contributed by atoms with E-state index in [1.54, 1.807) is 11.1 Å². The minimum absolute atomic E-state index is 0.0394. The van der Waals surface area contributed by atoms with Crippen molar-refractivity contribution in [1.29, 1.82) is 0 Å². The molecule has 2 atom stereocenters. The molecule has 0 radical (unpaired) electrons. The van der Waals surface area contributed by atoms with E-state index >= 15 is 0 Å². The third kappa shape index (κ3) is 6.39. The van der Waals surface area contributed by atoms with Crippen LogP contribution in [0.15, 0.2) is 54.4 Å². The zero-order valence-electron chi connectivity index (χ0n) is 16.6. The number of allylic oxidation sites excluding steroid dienone is 1. The molecule has 0 spiro atoms. The number of ether oxygens (including phenoxy) is 1. The highest BCUT2D eigenvalue weighted by Gasteiger charge is 2.32. The van der Waals surface area contributed by atoms with Crippen molar-refractivity contribution in [3.63, 3.8) is 0 Å². The first-order valence-electron chi connectivity index (χ1n) is 9.44. The van der Waals surface area contributed by atoms with Crippen molar-refractivity contribution in [3.8, 4) is 0 Å². The average Bonchev–Trinajstić information content (AvgIpc) is 2.72. The Bertz CT molecular complexity index is 771. The summed E-state index contributed by atoms with van der Waals surface area (Å²) in [7, 11) is 0. The molecule has 0 fully saturated rings. The van der Waals surface area contributed by atoms with E-state index in [0.717, 1.165) is 5.56 Å². The van der Waals surface area contributed by atoms with Gasteiger partial charge in [0.1, 0.15) is 6.61 Å². The molecule has 0 unspecified atom stereocenters. The molecule has 1 aliphatic heterocycles. The maximum atomic E-state index is 13.2. The number of alkyl halides is 3. The van der Waals surface area contributed by atoms with E-state index < -0.39 is 16.5 Å². The van der Waals surface area contributed by atoms with E-state index in [2.05, 4.69) is 6.92 Å². The predicted octanol–water partition coefficient (Wildman–Crippen LogP) is 5.49. The summed E-state index contributed by atoms with van der Waals surface area (Å²) in [6.07, 6.45) is 4.23. The van der Waals surface area contributed by atoms with Crippen molar-refractivity contribution in [3.05, 3.63) is 59.9 Å². The van der Waals surface area contributed by atoms with Gasteiger partial charge in [0, 0.05) is 37.0 Å². The highest BCUT2D eigenvalue weighted by atomic mass is 35.6. The minimum Gasteiger partial charge on any atom is -0.444 e. The zero-order valence-corrected chi connectivity index (χ0v) is 18.9. The van der Waals surface area contributed by atoms with E-state index in [4.69, 9.17) is 39.5 Å². The number of halogens is 3. The second-order valence-corrected chi connectivity index (χ2v) is 9.22. The summed E-state index contributed by atoms with van der Waals surface area (Å²) >= 11 is 16.9. The Morgan fingerprint density at radius 3 is 2.34 bits per heavy atom.